The summed E-state index contributed by atoms with van der Waals surface area (Å²) in [5.41, 5.74) is 0. The summed E-state index contributed by atoms with van der Waals surface area (Å²) in [4.78, 5) is 11.3. The number of carbonyl (C=O) groups is 1. The molecule has 1 rings (SSSR count). The predicted octanol–water partition coefficient (Wildman–Crippen LogP) is -2.85. The Bertz CT molecular complexity index is 340. The van der Waals surface area contributed by atoms with Gasteiger partial charge in [0.2, 0.25) is 5.79 Å². The number of rotatable bonds is 7. The summed E-state index contributed by atoms with van der Waals surface area (Å²) in [7, 11) is 1.25. The molecule has 0 aromatic carbocycles. The molecule has 3 N–H and O–H groups in total. The first-order valence-electron chi connectivity index (χ1n) is 6.05. The second kappa shape index (κ2) is 7.11. The molecular formula is C12H19O8-. The highest BCUT2D eigenvalue weighted by Gasteiger charge is 2.50. The minimum atomic E-state index is -2.23. The van der Waals surface area contributed by atoms with Crippen LogP contribution in [0.4, 0.5) is 0 Å². The van der Waals surface area contributed by atoms with Crippen molar-refractivity contribution in [1.82, 2.24) is 0 Å². The van der Waals surface area contributed by atoms with Gasteiger partial charge in [0.1, 0.15) is 24.3 Å². The van der Waals surface area contributed by atoms with E-state index in [1.165, 1.54) is 13.2 Å². The molecule has 0 aromatic heterocycles. The van der Waals surface area contributed by atoms with E-state index >= 15 is 0 Å². The highest BCUT2D eigenvalue weighted by Crippen LogP contribution is 2.32. The van der Waals surface area contributed by atoms with Gasteiger partial charge in [-0.1, -0.05) is 6.08 Å². The van der Waals surface area contributed by atoms with Gasteiger partial charge in [-0.2, -0.15) is 0 Å². The minimum Gasteiger partial charge on any atom is -0.544 e. The van der Waals surface area contributed by atoms with Crippen molar-refractivity contribution in [2.45, 2.75) is 36.6 Å². The van der Waals surface area contributed by atoms with E-state index in [0.29, 0.717) is 0 Å². The first-order valence-corrected chi connectivity index (χ1v) is 6.05. The monoisotopic (exact) mass is 291 g/mol. The molecule has 8 heteroatoms. The lowest BCUT2D eigenvalue weighted by Crippen LogP contribution is -2.65. The summed E-state index contributed by atoms with van der Waals surface area (Å²) in [6, 6.07) is 0. The summed E-state index contributed by atoms with van der Waals surface area (Å²) in [5, 5.41) is 40.1. The maximum Gasteiger partial charge on any atom is 0.212 e. The predicted molar refractivity (Wildman–Crippen MR) is 63.3 cm³/mol. The third-order valence-electron chi connectivity index (χ3n) is 3.13. The van der Waals surface area contributed by atoms with Gasteiger partial charge in [0, 0.05) is 13.5 Å². The number of aliphatic carboxylic acids is 1. The van der Waals surface area contributed by atoms with E-state index in [1.807, 2.05) is 0 Å². The molecule has 8 nitrogen and oxygen atoms in total. The van der Waals surface area contributed by atoms with Gasteiger partial charge in [-0.15, -0.1) is 6.58 Å². The average molecular weight is 291 g/mol. The second-order valence-corrected chi connectivity index (χ2v) is 4.44. The topological polar surface area (TPSA) is 129 Å². The number of carbonyl (C=O) groups excluding carboxylic acids is 1. The van der Waals surface area contributed by atoms with Gasteiger partial charge in [-0.05, 0) is 0 Å². The van der Waals surface area contributed by atoms with Gasteiger partial charge < -0.3 is 39.4 Å². The molecule has 0 saturated carbocycles. The Balaban J connectivity index is 3.02. The molecule has 0 aliphatic carbocycles. The fraction of sp³-hybridized carbons (Fsp3) is 0.750. The molecule has 1 fully saturated rings. The molecule has 0 spiro atoms. The van der Waals surface area contributed by atoms with Gasteiger partial charge in [-0.25, -0.2) is 0 Å². The van der Waals surface area contributed by atoms with Gasteiger partial charge in [0.25, 0.3) is 0 Å². The van der Waals surface area contributed by atoms with E-state index in [1.54, 1.807) is 0 Å². The first kappa shape index (κ1) is 17.0. The number of aliphatic hydroxyl groups is 3. The number of carboxylic acid groups (broad SMARTS) is 1. The van der Waals surface area contributed by atoms with Crippen LogP contribution in [-0.2, 0) is 19.0 Å². The van der Waals surface area contributed by atoms with E-state index in [0.717, 1.165) is 0 Å². The van der Waals surface area contributed by atoms with E-state index in [9.17, 15) is 20.1 Å². The lowest BCUT2D eigenvalue weighted by Gasteiger charge is -2.46. The Morgan fingerprint density at radius 1 is 1.65 bits per heavy atom. The van der Waals surface area contributed by atoms with Crippen LogP contribution >= 0.6 is 0 Å². The number of hydrogen-bond acceptors (Lipinski definition) is 8. The van der Waals surface area contributed by atoms with Crippen molar-refractivity contribution in [1.29, 1.82) is 0 Å². The molecule has 1 aliphatic rings. The summed E-state index contributed by atoms with van der Waals surface area (Å²) < 4.78 is 15.2. The maximum absolute atomic E-state index is 11.3. The van der Waals surface area contributed by atoms with Crippen molar-refractivity contribution in [3.8, 4) is 0 Å². The Morgan fingerprint density at radius 2 is 2.30 bits per heavy atom. The highest BCUT2D eigenvalue weighted by atomic mass is 16.7. The summed E-state index contributed by atoms with van der Waals surface area (Å²) in [5.74, 6) is -3.92. The molecule has 0 radical (unpaired) electrons. The van der Waals surface area contributed by atoms with Crippen molar-refractivity contribution in [3.05, 3.63) is 12.7 Å². The maximum atomic E-state index is 11.3. The molecule has 20 heavy (non-hydrogen) atoms. The lowest BCUT2D eigenvalue weighted by molar-refractivity contribution is -0.385. The van der Waals surface area contributed by atoms with E-state index in [2.05, 4.69) is 6.58 Å². The fourth-order valence-electron chi connectivity index (χ4n) is 2.04. The third-order valence-corrected chi connectivity index (χ3v) is 3.13. The summed E-state index contributed by atoms with van der Waals surface area (Å²) in [6.45, 7) is 2.70. The van der Waals surface area contributed by atoms with Crippen molar-refractivity contribution in [3.63, 3.8) is 0 Å². The molecule has 116 valence electrons. The average Bonchev–Trinajstić information content (AvgIpc) is 2.42. The third kappa shape index (κ3) is 3.35. The van der Waals surface area contributed by atoms with E-state index in [-0.39, 0.29) is 6.61 Å². The smallest absolute Gasteiger partial charge is 0.212 e. The SMILES string of the molecule is C=CCO[C@]1(C(=O)[O-])C[C@@H](O)[C@@H](O)[C@@H]([C@@H](CO)OC)O1. The number of carboxylic acids is 1. The summed E-state index contributed by atoms with van der Waals surface area (Å²) >= 11 is 0. The quantitative estimate of drug-likeness (QED) is 0.428. The van der Waals surface area contributed by atoms with Crippen LogP contribution in [0.25, 0.3) is 0 Å². The first-order chi connectivity index (χ1) is 9.41. The van der Waals surface area contributed by atoms with Crippen molar-refractivity contribution in [2.24, 2.45) is 0 Å². The van der Waals surface area contributed by atoms with Crippen LogP contribution in [0.2, 0.25) is 0 Å². The van der Waals surface area contributed by atoms with Crippen LogP contribution in [0.15, 0.2) is 12.7 Å². The lowest BCUT2D eigenvalue weighted by atomic mass is 9.92. The zero-order valence-corrected chi connectivity index (χ0v) is 11.1. The van der Waals surface area contributed by atoms with Crippen molar-refractivity contribution in [2.75, 3.05) is 20.3 Å². The van der Waals surface area contributed by atoms with Crippen LogP contribution in [0.3, 0.4) is 0 Å². The van der Waals surface area contributed by atoms with Gasteiger partial charge in [0.05, 0.1) is 19.3 Å². The van der Waals surface area contributed by atoms with Gasteiger partial charge in [0.15, 0.2) is 0 Å². The number of methoxy groups -OCH3 is 1. The van der Waals surface area contributed by atoms with Crippen LogP contribution in [0.5, 0.6) is 0 Å². The van der Waals surface area contributed by atoms with Crippen molar-refractivity contribution < 1.29 is 39.4 Å². The second-order valence-electron chi connectivity index (χ2n) is 4.44. The molecule has 1 aliphatic heterocycles. The van der Waals surface area contributed by atoms with Crippen LogP contribution < -0.4 is 5.11 Å². The fourth-order valence-corrected chi connectivity index (χ4v) is 2.04. The zero-order chi connectivity index (χ0) is 15.3. The van der Waals surface area contributed by atoms with Crippen LogP contribution in [0, 0.1) is 0 Å². The largest absolute Gasteiger partial charge is 0.544 e. The molecule has 5 atom stereocenters. The molecular weight excluding hydrogens is 272 g/mol. The molecule has 0 amide bonds. The summed E-state index contributed by atoms with van der Waals surface area (Å²) in [6.07, 6.45) is -4.36. The minimum absolute atomic E-state index is 0.152. The van der Waals surface area contributed by atoms with Crippen molar-refractivity contribution >= 4 is 5.97 Å². The normalized spacial score (nSPS) is 35.5. The zero-order valence-electron chi connectivity index (χ0n) is 11.1. The molecule has 1 heterocycles. The van der Waals surface area contributed by atoms with Gasteiger partial charge >= 0.3 is 0 Å². The highest BCUT2D eigenvalue weighted by molar-refractivity contribution is 5.73. The van der Waals surface area contributed by atoms with E-state index in [4.69, 9.17) is 19.3 Å². The number of hydrogen-bond donors (Lipinski definition) is 3. The Hall–Kier alpha value is -1.03. The van der Waals surface area contributed by atoms with E-state index < -0.39 is 49.2 Å². The Kier molecular flexibility index (Phi) is 6.06. The molecule has 1 saturated heterocycles. The molecule has 0 bridgehead atoms. The molecule has 0 aromatic rings. The van der Waals surface area contributed by atoms with Gasteiger partial charge in [-0.3, -0.25) is 0 Å². The Morgan fingerprint density at radius 3 is 2.75 bits per heavy atom. The van der Waals surface area contributed by atoms with Crippen LogP contribution in [-0.4, -0.2) is 71.8 Å². The number of aliphatic hydroxyl groups excluding tert-OH is 3. The van der Waals surface area contributed by atoms with Crippen LogP contribution in [0.1, 0.15) is 6.42 Å². The standard InChI is InChI=1S/C12H20O8/c1-3-4-19-12(11(16)17)5-7(14)9(15)10(20-12)8(6-13)18-2/h3,7-10,13-15H,1,4-6H2,2H3,(H,16,17)/p-1/t7-,8-,9-,10-,12-/m1/s1. The Labute approximate surface area is 116 Å². The molecule has 0 unspecified atom stereocenters. The number of ether oxygens (including phenoxy) is 3.